The predicted octanol–water partition coefficient (Wildman–Crippen LogP) is 3.92. The van der Waals surface area contributed by atoms with Gasteiger partial charge in [-0.3, -0.25) is 4.79 Å². The second-order valence-electron chi connectivity index (χ2n) is 5.42. The average molecular weight is 306 g/mol. The number of halogens is 1. The standard InChI is InChI=1S/C17H20ClNO2/c1-12(2)11-19-16(8-7-14(10-18)17(19)20)13-5-4-6-15(9-13)21-3/h4-9,12H,10-11H2,1-3H3. The van der Waals surface area contributed by atoms with Crippen LogP contribution in [0.4, 0.5) is 0 Å². The van der Waals surface area contributed by atoms with Crippen LogP contribution in [0.5, 0.6) is 5.75 Å². The van der Waals surface area contributed by atoms with Crippen molar-refractivity contribution in [3.63, 3.8) is 0 Å². The first-order chi connectivity index (χ1) is 10.1. The third-order valence-corrected chi connectivity index (χ3v) is 3.60. The Morgan fingerprint density at radius 2 is 2.00 bits per heavy atom. The highest BCUT2D eigenvalue weighted by Gasteiger charge is 2.12. The van der Waals surface area contributed by atoms with Gasteiger partial charge in [0.25, 0.3) is 5.56 Å². The molecule has 3 nitrogen and oxygen atoms in total. The van der Waals surface area contributed by atoms with Gasteiger partial charge in [-0.05, 0) is 24.1 Å². The van der Waals surface area contributed by atoms with Crippen LogP contribution in [0, 0.1) is 5.92 Å². The summed E-state index contributed by atoms with van der Waals surface area (Å²) in [7, 11) is 1.64. The van der Waals surface area contributed by atoms with Gasteiger partial charge in [-0.15, -0.1) is 11.6 Å². The van der Waals surface area contributed by atoms with Crippen molar-refractivity contribution in [3.8, 4) is 17.0 Å². The van der Waals surface area contributed by atoms with E-state index < -0.39 is 0 Å². The van der Waals surface area contributed by atoms with Crippen molar-refractivity contribution < 1.29 is 4.74 Å². The van der Waals surface area contributed by atoms with Gasteiger partial charge in [-0.2, -0.15) is 0 Å². The lowest BCUT2D eigenvalue weighted by Gasteiger charge is -2.16. The zero-order chi connectivity index (χ0) is 15.4. The smallest absolute Gasteiger partial charge is 0.255 e. The van der Waals surface area contributed by atoms with Gasteiger partial charge in [0.1, 0.15) is 5.75 Å². The lowest BCUT2D eigenvalue weighted by Crippen LogP contribution is -2.26. The van der Waals surface area contributed by atoms with Crippen molar-refractivity contribution >= 4 is 11.6 Å². The number of alkyl halides is 1. The van der Waals surface area contributed by atoms with Gasteiger partial charge in [-0.25, -0.2) is 0 Å². The van der Waals surface area contributed by atoms with Crippen LogP contribution in [0.2, 0.25) is 0 Å². The summed E-state index contributed by atoms with van der Waals surface area (Å²) in [6, 6.07) is 11.5. The van der Waals surface area contributed by atoms with E-state index in [1.807, 2.05) is 30.3 Å². The largest absolute Gasteiger partial charge is 0.497 e. The van der Waals surface area contributed by atoms with E-state index in [1.54, 1.807) is 17.7 Å². The van der Waals surface area contributed by atoms with Crippen molar-refractivity contribution in [3.05, 3.63) is 52.3 Å². The molecule has 0 aliphatic carbocycles. The second kappa shape index (κ2) is 6.81. The van der Waals surface area contributed by atoms with Gasteiger partial charge < -0.3 is 9.30 Å². The molecule has 0 aliphatic heterocycles. The van der Waals surface area contributed by atoms with Crippen molar-refractivity contribution in [2.24, 2.45) is 5.92 Å². The molecule has 1 aromatic carbocycles. The molecule has 0 saturated carbocycles. The topological polar surface area (TPSA) is 31.2 Å². The highest BCUT2D eigenvalue weighted by atomic mass is 35.5. The zero-order valence-corrected chi connectivity index (χ0v) is 13.4. The number of ether oxygens (including phenoxy) is 1. The van der Waals surface area contributed by atoms with Gasteiger partial charge >= 0.3 is 0 Å². The van der Waals surface area contributed by atoms with Crippen molar-refractivity contribution in [1.82, 2.24) is 4.57 Å². The van der Waals surface area contributed by atoms with Gasteiger partial charge in [0.05, 0.1) is 18.7 Å². The maximum Gasteiger partial charge on any atom is 0.255 e. The van der Waals surface area contributed by atoms with Crippen molar-refractivity contribution in [2.45, 2.75) is 26.3 Å². The van der Waals surface area contributed by atoms with Gasteiger partial charge in [0, 0.05) is 17.7 Å². The molecule has 4 heteroatoms. The quantitative estimate of drug-likeness (QED) is 0.784. The Balaban J connectivity index is 2.61. The van der Waals surface area contributed by atoms with E-state index in [4.69, 9.17) is 16.3 Å². The minimum Gasteiger partial charge on any atom is -0.497 e. The van der Waals surface area contributed by atoms with E-state index in [1.165, 1.54) is 0 Å². The normalized spacial score (nSPS) is 10.9. The van der Waals surface area contributed by atoms with Crippen LogP contribution in [-0.4, -0.2) is 11.7 Å². The molecule has 2 aromatic rings. The van der Waals surface area contributed by atoms with Crippen molar-refractivity contribution in [2.75, 3.05) is 7.11 Å². The van der Waals surface area contributed by atoms with Crippen LogP contribution in [0.15, 0.2) is 41.2 Å². The summed E-state index contributed by atoms with van der Waals surface area (Å²) in [5, 5.41) is 0. The maximum absolute atomic E-state index is 12.5. The molecular weight excluding hydrogens is 286 g/mol. The molecule has 0 fully saturated rings. The predicted molar refractivity (Wildman–Crippen MR) is 87.1 cm³/mol. The van der Waals surface area contributed by atoms with Crippen LogP contribution >= 0.6 is 11.6 Å². The third-order valence-electron chi connectivity index (χ3n) is 3.31. The van der Waals surface area contributed by atoms with E-state index in [0.29, 0.717) is 18.0 Å². The highest BCUT2D eigenvalue weighted by Crippen LogP contribution is 2.24. The Hall–Kier alpha value is -1.74. The highest BCUT2D eigenvalue weighted by molar-refractivity contribution is 6.17. The monoisotopic (exact) mass is 305 g/mol. The lowest BCUT2D eigenvalue weighted by atomic mass is 10.1. The minimum absolute atomic E-state index is 0.0148. The van der Waals surface area contributed by atoms with E-state index >= 15 is 0 Å². The number of hydrogen-bond donors (Lipinski definition) is 0. The fourth-order valence-electron chi connectivity index (χ4n) is 2.31. The molecule has 0 spiro atoms. The number of aromatic nitrogens is 1. The van der Waals surface area contributed by atoms with Crippen LogP contribution in [0.3, 0.4) is 0 Å². The fraction of sp³-hybridized carbons (Fsp3) is 0.353. The van der Waals surface area contributed by atoms with Crippen LogP contribution in [0.25, 0.3) is 11.3 Å². The molecule has 112 valence electrons. The molecule has 1 aromatic heterocycles. The SMILES string of the molecule is COc1cccc(-c2ccc(CCl)c(=O)n2CC(C)C)c1. The number of methoxy groups -OCH3 is 1. The molecule has 0 unspecified atom stereocenters. The molecule has 0 atom stereocenters. The van der Waals surface area contributed by atoms with E-state index in [-0.39, 0.29) is 11.4 Å². The average Bonchev–Trinajstić information content (AvgIpc) is 2.49. The summed E-state index contributed by atoms with van der Waals surface area (Å²) in [5.74, 6) is 1.38. The molecular formula is C17H20ClNO2. The van der Waals surface area contributed by atoms with E-state index in [2.05, 4.69) is 13.8 Å². The molecule has 21 heavy (non-hydrogen) atoms. The summed E-state index contributed by atoms with van der Waals surface area (Å²) in [4.78, 5) is 12.5. The Labute approximate surface area is 130 Å². The summed E-state index contributed by atoms with van der Waals surface area (Å²) >= 11 is 5.85. The van der Waals surface area contributed by atoms with Gasteiger partial charge in [0.2, 0.25) is 0 Å². The second-order valence-corrected chi connectivity index (χ2v) is 5.69. The molecule has 0 radical (unpaired) electrons. The molecule has 1 heterocycles. The number of pyridine rings is 1. The number of rotatable bonds is 5. The van der Waals surface area contributed by atoms with Crippen LogP contribution < -0.4 is 10.3 Å². The lowest BCUT2D eigenvalue weighted by molar-refractivity contribution is 0.415. The van der Waals surface area contributed by atoms with E-state index in [9.17, 15) is 4.79 Å². The van der Waals surface area contributed by atoms with Gasteiger partial charge in [-0.1, -0.05) is 32.0 Å². The van der Waals surface area contributed by atoms with Gasteiger partial charge in [0.15, 0.2) is 0 Å². The Bertz CT molecular complexity index is 677. The summed E-state index contributed by atoms with van der Waals surface area (Å²) in [6.07, 6.45) is 0. The first-order valence-electron chi connectivity index (χ1n) is 7.00. The third kappa shape index (κ3) is 3.48. The van der Waals surface area contributed by atoms with E-state index in [0.717, 1.165) is 17.0 Å². The van der Waals surface area contributed by atoms with Crippen LogP contribution in [0.1, 0.15) is 19.4 Å². The fourth-order valence-corrected chi connectivity index (χ4v) is 2.51. The minimum atomic E-state index is -0.0148. The molecule has 2 rings (SSSR count). The maximum atomic E-state index is 12.5. The summed E-state index contributed by atoms with van der Waals surface area (Å²) < 4.78 is 7.07. The number of hydrogen-bond acceptors (Lipinski definition) is 2. The number of benzene rings is 1. The Morgan fingerprint density at radius 3 is 2.62 bits per heavy atom. The molecule has 0 amide bonds. The summed E-state index contributed by atoms with van der Waals surface area (Å²) in [6.45, 7) is 4.85. The zero-order valence-electron chi connectivity index (χ0n) is 12.6. The molecule has 0 bridgehead atoms. The van der Waals surface area contributed by atoms with Crippen LogP contribution in [-0.2, 0) is 12.4 Å². The first kappa shape index (κ1) is 15.6. The summed E-state index contributed by atoms with van der Waals surface area (Å²) in [5.41, 5.74) is 2.47. The Morgan fingerprint density at radius 1 is 1.24 bits per heavy atom. The first-order valence-corrected chi connectivity index (χ1v) is 7.53. The van der Waals surface area contributed by atoms with Crippen molar-refractivity contribution in [1.29, 1.82) is 0 Å². The molecule has 0 aliphatic rings. The molecule has 0 N–H and O–H groups in total. The Kier molecular flexibility index (Phi) is 5.07. The number of nitrogens with zero attached hydrogens (tertiary/aromatic N) is 1. The molecule has 0 saturated heterocycles.